The largest absolute Gasteiger partial charge is 0.384 e. The smallest absolute Gasteiger partial charge is 0.0546 e. The van der Waals surface area contributed by atoms with Gasteiger partial charge < -0.3 is 18.9 Å². The monoisotopic (exact) mass is 488 g/mol. The summed E-state index contributed by atoms with van der Waals surface area (Å²) in [6, 6.07) is 0. The highest BCUT2D eigenvalue weighted by Gasteiger charge is 2.43. The van der Waals surface area contributed by atoms with Gasteiger partial charge in [0.1, 0.15) is 0 Å². The van der Waals surface area contributed by atoms with E-state index in [1.165, 1.54) is 25.7 Å². The zero-order valence-corrected chi connectivity index (χ0v) is 25.8. The van der Waals surface area contributed by atoms with Crippen molar-refractivity contribution in [3.63, 3.8) is 0 Å². The number of rotatable bonds is 18. The van der Waals surface area contributed by atoms with Crippen molar-refractivity contribution in [3.8, 4) is 0 Å². The van der Waals surface area contributed by atoms with Crippen LogP contribution in [0.1, 0.15) is 94.9 Å². The molecule has 0 radical (unpaired) electrons. The molecular formula is C30H64O4. The summed E-state index contributed by atoms with van der Waals surface area (Å²) in [5.74, 6) is 3.95. The van der Waals surface area contributed by atoms with Crippen molar-refractivity contribution in [3.05, 3.63) is 0 Å². The molecule has 0 bridgehead atoms. The molecule has 0 aromatic carbocycles. The van der Waals surface area contributed by atoms with Crippen LogP contribution in [-0.4, -0.2) is 54.9 Å². The summed E-state index contributed by atoms with van der Waals surface area (Å²) >= 11 is 0. The molecule has 0 saturated heterocycles. The standard InChI is InChI=1S/2C15H32O2/c1-11(2)13(5)15(9-16-7,10-17-8)14(6)12(3)4;1-13(2)7-9-15(11-16-5,12-17-6)10-8-14(3)4/h11-14H,9-10H2,1-8H3;13-14H,7-12H2,1-6H3. The Balaban J connectivity index is 0. The van der Waals surface area contributed by atoms with Crippen LogP contribution in [0.2, 0.25) is 0 Å². The van der Waals surface area contributed by atoms with Crippen LogP contribution < -0.4 is 0 Å². The van der Waals surface area contributed by atoms with Crippen LogP contribution in [0, 0.1) is 46.3 Å². The Morgan fingerprint density at radius 1 is 0.471 bits per heavy atom. The summed E-state index contributed by atoms with van der Waals surface area (Å²) in [7, 11) is 7.19. The van der Waals surface area contributed by atoms with Crippen molar-refractivity contribution < 1.29 is 18.9 Å². The molecule has 0 saturated carbocycles. The van der Waals surface area contributed by atoms with Gasteiger partial charge in [-0.25, -0.2) is 0 Å². The molecule has 0 aromatic heterocycles. The van der Waals surface area contributed by atoms with Crippen LogP contribution >= 0.6 is 0 Å². The molecule has 0 rings (SSSR count). The minimum atomic E-state index is 0.117. The van der Waals surface area contributed by atoms with E-state index in [-0.39, 0.29) is 10.8 Å². The summed E-state index contributed by atoms with van der Waals surface area (Å²) in [6.07, 6.45) is 4.92. The molecule has 0 N–H and O–H groups in total. The first-order chi connectivity index (χ1) is 15.8. The average molecular weight is 489 g/mol. The first kappa shape index (κ1) is 36.0. The fourth-order valence-electron chi connectivity index (χ4n) is 5.10. The number of hydrogen-bond donors (Lipinski definition) is 0. The Bertz CT molecular complexity index is 417. The highest BCUT2D eigenvalue weighted by atomic mass is 16.5. The molecule has 4 nitrogen and oxygen atoms in total. The maximum absolute atomic E-state index is 5.52. The van der Waals surface area contributed by atoms with Crippen molar-refractivity contribution in [2.75, 3.05) is 54.9 Å². The molecule has 0 aliphatic carbocycles. The minimum absolute atomic E-state index is 0.117. The van der Waals surface area contributed by atoms with Gasteiger partial charge in [-0.2, -0.15) is 0 Å². The number of hydrogen-bond acceptors (Lipinski definition) is 4. The quantitative estimate of drug-likeness (QED) is 0.196. The van der Waals surface area contributed by atoms with Gasteiger partial charge in [-0.15, -0.1) is 0 Å². The van der Waals surface area contributed by atoms with E-state index in [2.05, 4.69) is 69.2 Å². The Labute approximate surface area is 215 Å². The second-order valence-electron chi connectivity index (χ2n) is 12.4. The number of ether oxygens (including phenoxy) is 4. The third-order valence-corrected chi connectivity index (χ3v) is 8.04. The topological polar surface area (TPSA) is 36.9 Å². The molecule has 34 heavy (non-hydrogen) atoms. The van der Waals surface area contributed by atoms with Gasteiger partial charge in [0.05, 0.1) is 26.4 Å². The Morgan fingerprint density at radius 3 is 0.971 bits per heavy atom. The first-order valence-corrected chi connectivity index (χ1v) is 13.7. The molecule has 208 valence electrons. The Hall–Kier alpha value is -0.160. The Morgan fingerprint density at radius 2 is 0.765 bits per heavy atom. The van der Waals surface area contributed by atoms with Gasteiger partial charge in [0.25, 0.3) is 0 Å². The summed E-state index contributed by atoms with van der Waals surface area (Å²) in [5.41, 5.74) is 0.337. The summed E-state index contributed by atoms with van der Waals surface area (Å²) in [4.78, 5) is 0. The number of methoxy groups -OCH3 is 4. The van der Waals surface area contributed by atoms with Crippen LogP contribution in [0.5, 0.6) is 0 Å². The van der Waals surface area contributed by atoms with E-state index in [4.69, 9.17) is 18.9 Å². The molecule has 2 unspecified atom stereocenters. The zero-order chi connectivity index (χ0) is 26.9. The third-order valence-electron chi connectivity index (χ3n) is 8.04. The molecule has 0 aliphatic heterocycles. The van der Waals surface area contributed by atoms with E-state index >= 15 is 0 Å². The van der Waals surface area contributed by atoms with Gasteiger partial charge in [0.2, 0.25) is 0 Å². The van der Waals surface area contributed by atoms with Gasteiger partial charge in [-0.3, -0.25) is 0 Å². The maximum atomic E-state index is 5.52. The predicted molar refractivity (Wildman–Crippen MR) is 149 cm³/mol. The summed E-state index contributed by atoms with van der Waals surface area (Å²) in [6.45, 7) is 26.2. The van der Waals surface area contributed by atoms with E-state index in [1.807, 2.05) is 0 Å². The lowest BCUT2D eigenvalue weighted by Crippen LogP contribution is -2.47. The van der Waals surface area contributed by atoms with Gasteiger partial charge in [-0.1, -0.05) is 82.1 Å². The van der Waals surface area contributed by atoms with E-state index < -0.39 is 0 Å². The normalized spacial score (nSPS) is 14.6. The van der Waals surface area contributed by atoms with Crippen molar-refractivity contribution in [2.45, 2.75) is 94.9 Å². The molecule has 0 aromatic rings. The molecule has 2 atom stereocenters. The molecule has 0 heterocycles. The van der Waals surface area contributed by atoms with Crippen LogP contribution in [0.15, 0.2) is 0 Å². The average Bonchev–Trinajstić information content (AvgIpc) is 2.75. The van der Waals surface area contributed by atoms with Crippen molar-refractivity contribution in [1.29, 1.82) is 0 Å². The first-order valence-electron chi connectivity index (χ1n) is 13.7. The zero-order valence-electron chi connectivity index (χ0n) is 25.8. The third kappa shape index (κ3) is 13.2. The van der Waals surface area contributed by atoms with E-state index in [9.17, 15) is 0 Å². The highest BCUT2D eigenvalue weighted by Crippen LogP contribution is 2.43. The lowest BCUT2D eigenvalue weighted by molar-refractivity contribution is -0.0846. The Kier molecular flexibility index (Phi) is 20.1. The van der Waals surface area contributed by atoms with Crippen LogP contribution in [-0.2, 0) is 18.9 Å². The SMILES string of the molecule is COCC(CCC(C)C)(CCC(C)C)COC.COCC(COC)(C(C)C(C)C)C(C)C(C)C. The molecular weight excluding hydrogens is 424 g/mol. The fraction of sp³-hybridized carbons (Fsp3) is 1.00. The highest BCUT2D eigenvalue weighted by molar-refractivity contribution is 4.91. The molecule has 0 spiro atoms. The summed E-state index contributed by atoms with van der Waals surface area (Å²) in [5, 5.41) is 0. The van der Waals surface area contributed by atoms with E-state index in [0.29, 0.717) is 23.7 Å². The van der Waals surface area contributed by atoms with Gasteiger partial charge in [-0.05, 0) is 48.3 Å². The van der Waals surface area contributed by atoms with Crippen LogP contribution in [0.3, 0.4) is 0 Å². The lowest BCUT2D eigenvalue weighted by Gasteiger charge is -2.46. The minimum Gasteiger partial charge on any atom is -0.384 e. The van der Waals surface area contributed by atoms with Crippen molar-refractivity contribution >= 4 is 0 Å². The second kappa shape index (κ2) is 19.0. The predicted octanol–water partition coefficient (Wildman–Crippen LogP) is 7.99. The van der Waals surface area contributed by atoms with E-state index in [1.54, 1.807) is 28.4 Å². The van der Waals surface area contributed by atoms with Crippen molar-refractivity contribution in [1.82, 2.24) is 0 Å². The molecule has 0 fully saturated rings. The fourth-order valence-corrected chi connectivity index (χ4v) is 5.10. The van der Waals surface area contributed by atoms with Gasteiger partial charge >= 0.3 is 0 Å². The van der Waals surface area contributed by atoms with Crippen LogP contribution in [0.4, 0.5) is 0 Å². The van der Waals surface area contributed by atoms with Crippen molar-refractivity contribution in [2.24, 2.45) is 46.3 Å². The molecule has 0 aliphatic rings. The maximum Gasteiger partial charge on any atom is 0.0546 e. The second-order valence-corrected chi connectivity index (χ2v) is 12.4. The summed E-state index contributed by atoms with van der Waals surface area (Å²) < 4.78 is 21.9. The van der Waals surface area contributed by atoms with Gasteiger partial charge in [0, 0.05) is 39.3 Å². The van der Waals surface area contributed by atoms with E-state index in [0.717, 1.165) is 38.3 Å². The molecule has 4 heteroatoms. The van der Waals surface area contributed by atoms with Gasteiger partial charge in [0.15, 0.2) is 0 Å². The van der Waals surface area contributed by atoms with Crippen LogP contribution in [0.25, 0.3) is 0 Å². The lowest BCUT2D eigenvalue weighted by atomic mass is 9.62. The molecule has 0 amide bonds.